The number of anilines is 1. The molecule has 1 N–H and O–H groups in total. The predicted octanol–water partition coefficient (Wildman–Crippen LogP) is 5.48. The van der Waals surface area contributed by atoms with E-state index in [0.717, 1.165) is 48.3 Å². The molecule has 4 nitrogen and oxygen atoms in total. The van der Waals surface area contributed by atoms with Gasteiger partial charge in [-0.1, -0.05) is 32.9 Å². The number of hydrogen-bond acceptors (Lipinski definition) is 2. The summed E-state index contributed by atoms with van der Waals surface area (Å²) in [5, 5.41) is 7.68. The van der Waals surface area contributed by atoms with E-state index in [4.69, 9.17) is 0 Å². The molecule has 1 amide bonds. The summed E-state index contributed by atoms with van der Waals surface area (Å²) in [6.45, 7) is 11.2. The lowest BCUT2D eigenvalue weighted by Crippen LogP contribution is -2.31. The number of aryl methyl sites for hydroxylation is 1. The fourth-order valence-electron chi connectivity index (χ4n) is 4.29. The highest BCUT2D eigenvalue weighted by Crippen LogP contribution is 2.40. The number of nitrogens with zero attached hydrogens (tertiary/aromatic N) is 2. The second-order valence-electron chi connectivity index (χ2n) is 9.24. The summed E-state index contributed by atoms with van der Waals surface area (Å²) in [4.78, 5) is 12.8. The topological polar surface area (TPSA) is 46.9 Å². The smallest absolute Gasteiger partial charge is 0.227 e. The number of aromatic nitrogens is 2. The molecule has 152 valence electrons. The van der Waals surface area contributed by atoms with E-state index in [1.807, 2.05) is 24.6 Å². The predicted molar refractivity (Wildman–Crippen MR) is 111 cm³/mol. The summed E-state index contributed by atoms with van der Waals surface area (Å²) in [5.74, 6) is 0.611. The number of benzene rings is 1. The van der Waals surface area contributed by atoms with Crippen LogP contribution in [0.2, 0.25) is 0 Å². The van der Waals surface area contributed by atoms with Gasteiger partial charge in [0.2, 0.25) is 5.91 Å². The van der Waals surface area contributed by atoms with E-state index in [-0.39, 0.29) is 17.6 Å². The lowest BCUT2D eigenvalue weighted by atomic mass is 9.69. The molecule has 0 atom stereocenters. The van der Waals surface area contributed by atoms with E-state index in [0.29, 0.717) is 17.9 Å². The van der Waals surface area contributed by atoms with Crippen LogP contribution in [-0.4, -0.2) is 15.7 Å². The summed E-state index contributed by atoms with van der Waals surface area (Å²) in [5.41, 5.74) is 3.65. The molecule has 0 bridgehead atoms. The summed E-state index contributed by atoms with van der Waals surface area (Å²) in [6.07, 6.45) is 4.11. The number of rotatable bonds is 4. The Balaban J connectivity index is 1.66. The number of hydrogen-bond donors (Lipinski definition) is 1. The van der Waals surface area contributed by atoms with E-state index in [1.54, 1.807) is 6.07 Å². The molecule has 1 heterocycles. The largest absolute Gasteiger partial charge is 0.323 e. The van der Waals surface area contributed by atoms with E-state index >= 15 is 0 Å². The number of nitrogens with one attached hydrogen (secondary N) is 1. The minimum Gasteiger partial charge on any atom is -0.323 e. The van der Waals surface area contributed by atoms with Gasteiger partial charge in [-0.25, -0.2) is 4.39 Å². The van der Waals surface area contributed by atoms with Crippen molar-refractivity contribution >= 4 is 11.6 Å². The first kappa shape index (κ1) is 20.6. The fraction of sp³-hybridized carbons (Fsp3) is 0.565. The van der Waals surface area contributed by atoms with Crippen molar-refractivity contribution < 1.29 is 9.18 Å². The number of carbonyl (C=O) groups is 1. The Hall–Kier alpha value is -2.17. The Bertz CT molecular complexity index is 842. The van der Waals surface area contributed by atoms with Crippen LogP contribution >= 0.6 is 0 Å². The monoisotopic (exact) mass is 385 g/mol. The number of halogens is 1. The molecule has 0 saturated heterocycles. The van der Waals surface area contributed by atoms with E-state index < -0.39 is 0 Å². The molecule has 28 heavy (non-hydrogen) atoms. The zero-order valence-corrected chi connectivity index (χ0v) is 17.7. The maximum atomic E-state index is 13.4. The zero-order valence-electron chi connectivity index (χ0n) is 17.7. The van der Waals surface area contributed by atoms with Crippen molar-refractivity contribution in [3.05, 3.63) is 47.0 Å². The van der Waals surface area contributed by atoms with Gasteiger partial charge >= 0.3 is 0 Å². The molecule has 5 heteroatoms. The van der Waals surface area contributed by atoms with Gasteiger partial charge in [-0.2, -0.15) is 5.10 Å². The normalized spacial score (nSPS) is 20.2. The Kier molecular flexibility index (Phi) is 5.92. The SMILES string of the molecule is Cc1nn(Cc2cccc(F)c2)c(C)c1NC(=O)C1CCC(C(C)(C)C)CC1. The Labute approximate surface area is 167 Å². The van der Waals surface area contributed by atoms with Gasteiger partial charge in [-0.15, -0.1) is 0 Å². The molecule has 3 rings (SSSR count). The van der Waals surface area contributed by atoms with Crippen LogP contribution in [0.5, 0.6) is 0 Å². The van der Waals surface area contributed by atoms with Crippen molar-refractivity contribution in [1.82, 2.24) is 9.78 Å². The first-order valence-corrected chi connectivity index (χ1v) is 10.2. The molecule has 1 fully saturated rings. The molecule has 1 aromatic heterocycles. The fourth-order valence-corrected chi connectivity index (χ4v) is 4.29. The minimum absolute atomic E-state index is 0.0731. The molecule has 1 aromatic carbocycles. The van der Waals surface area contributed by atoms with Crippen molar-refractivity contribution in [2.24, 2.45) is 17.3 Å². The van der Waals surface area contributed by atoms with Crippen molar-refractivity contribution in [1.29, 1.82) is 0 Å². The van der Waals surface area contributed by atoms with Crippen LogP contribution in [0.1, 0.15) is 63.4 Å². The molecule has 0 spiro atoms. The lowest BCUT2D eigenvalue weighted by Gasteiger charge is -2.36. The summed E-state index contributed by atoms with van der Waals surface area (Å²) >= 11 is 0. The number of amides is 1. The third kappa shape index (κ3) is 4.62. The van der Waals surface area contributed by atoms with Gasteiger partial charge in [0.25, 0.3) is 0 Å². The zero-order chi connectivity index (χ0) is 20.5. The van der Waals surface area contributed by atoms with Crippen molar-refractivity contribution in [2.75, 3.05) is 5.32 Å². The van der Waals surface area contributed by atoms with Crippen LogP contribution < -0.4 is 5.32 Å². The third-order valence-corrected chi connectivity index (χ3v) is 6.17. The van der Waals surface area contributed by atoms with Crippen LogP contribution in [-0.2, 0) is 11.3 Å². The summed E-state index contributed by atoms with van der Waals surface area (Å²) < 4.78 is 15.3. The highest BCUT2D eigenvalue weighted by atomic mass is 19.1. The van der Waals surface area contributed by atoms with Gasteiger partial charge < -0.3 is 5.32 Å². The minimum atomic E-state index is -0.251. The van der Waals surface area contributed by atoms with Gasteiger partial charge in [0.1, 0.15) is 5.82 Å². The second-order valence-corrected chi connectivity index (χ2v) is 9.24. The Morgan fingerprint density at radius 3 is 2.50 bits per heavy atom. The highest BCUT2D eigenvalue weighted by molar-refractivity contribution is 5.93. The van der Waals surface area contributed by atoms with E-state index in [2.05, 4.69) is 31.2 Å². The standard InChI is InChI=1S/C23H32FN3O/c1-15-21(16(2)27(26-15)14-17-7-6-8-20(24)13-17)25-22(28)18-9-11-19(12-10-18)23(3,4)5/h6-8,13,18-19H,9-12,14H2,1-5H3,(H,25,28). The molecule has 1 aliphatic carbocycles. The van der Waals surface area contributed by atoms with Gasteiger partial charge in [-0.3, -0.25) is 9.48 Å². The van der Waals surface area contributed by atoms with Crippen LogP contribution in [0.15, 0.2) is 24.3 Å². The maximum absolute atomic E-state index is 13.4. The van der Waals surface area contributed by atoms with Crippen molar-refractivity contribution in [2.45, 2.75) is 66.8 Å². The van der Waals surface area contributed by atoms with Gasteiger partial charge in [0, 0.05) is 5.92 Å². The molecule has 2 aromatic rings. The molecule has 1 aliphatic rings. The van der Waals surface area contributed by atoms with Gasteiger partial charge in [-0.05, 0) is 68.6 Å². The Morgan fingerprint density at radius 1 is 1.21 bits per heavy atom. The van der Waals surface area contributed by atoms with Gasteiger partial charge in [0.15, 0.2) is 0 Å². The molecular formula is C23H32FN3O. The molecule has 0 unspecified atom stereocenters. The molecule has 0 aliphatic heterocycles. The average Bonchev–Trinajstić information content (AvgIpc) is 2.88. The maximum Gasteiger partial charge on any atom is 0.227 e. The Morgan fingerprint density at radius 2 is 1.89 bits per heavy atom. The first-order valence-electron chi connectivity index (χ1n) is 10.2. The van der Waals surface area contributed by atoms with Crippen molar-refractivity contribution in [3.63, 3.8) is 0 Å². The first-order chi connectivity index (χ1) is 13.1. The van der Waals surface area contributed by atoms with E-state index in [1.165, 1.54) is 12.1 Å². The van der Waals surface area contributed by atoms with Crippen LogP contribution in [0.3, 0.4) is 0 Å². The molecule has 0 radical (unpaired) electrons. The average molecular weight is 386 g/mol. The lowest BCUT2D eigenvalue weighted by molar-refractivity contribution is -0.121. The van der Waals surface area contributed by atoms with E-state index in [9.17, 15) is 9.18 Å². The molecule has 1 saturated carbocycles. The highest BCUT2D eigenvalue weighted by Gasteiger charge is 2.32. The number of carbonyl (C=O) groups excluding carboxylic acids is 1. The quantitative estimate of drug-likeness (QED) is 0.758. The third-order valence-electron chi connectivity index (χ3n) is 6.17. The van der Waals surface area contributed by atoms with Crippen LogP contribution in [0, 0.1) is 36.9 Å². The van der Waals surface area contributed by atoms with Crippen LogP contribution in [0.25, 0.3) is 0 Å². The summed E-state index contributed by atoms with van der Waals surface area (Å²) in [6, 6.07) is 6.53. The van der Waals surface area contributed by atoms with Crippen LogP contribution in [0.4, 0.5) is 10.1 Å². The molecular weight excluding hydrogens is 353 g/mol. The van der Waals surface area contributed by atoms with Crippen molar-refractivity contribution in [3.8, 4) is 0 Å². The second kappa shape index (κ2) is 8.06. The van der Waals surface area contributed by atoms with Gasteiger partial charge in [0.05, 0.1) is 23.6 Å². The summed E-state index contributed by atoms with van der Waals surface area (Å²) in [7, 11) is 0.